The highest BCUT2D eigenvalue weighted by atomic mass is 35.5. The normalized spacial score (nSPS) is 21.2. The van der Waals surface area contributed by atoms with Crippen LogP contribution in [0.2, 0.25) is 0 Å². The van der Waals surface area contributed by atoms with Crippen molar-refractivity contribution in [2.45, 2.75) is 32.7 Å². The first kappa shape index (κ1) is 14.9. The molecule has 5 heteroatoms. The van der Waals surface area contributed by atoms with E-state index in [1.807, 2.05) is 0 Å². The third kappa shape index (κ3) is 4.54. The van der Waals surface area contributed by atoms with Crippen LogP contribution in [0.5, 0.6) is 0 Å². The molecule has 98 valence electrons. The van der Waals surface area contributed by atoms with E-state index in [-0.39, 0.29) is 12.4 Å². The second kappa shape index (κ2) is 7.31. The molecule has 0 saturated carbocycles. The van der Waals surface area contributed by atoms with Gasteiger partial charge in [0.05, 0.1) is 10.7 Å². The molecule has 3 nitrogen and oxygen atoms in total. The summed E-state index contributed by atoms with van der Waals surface area (Å²) in [7, 11) is 0. The zero-order valence-electron chi connectivity index (χ0n) is 10.4. The Balaban J connectivity index is 0.00000144. The molecular weight excluding hydrogens is 254 g/mol. The van der Waals surface area contributed by atoms with Gasteiger partial charge in [0, 0.05) is 18.5 Å². The summed E-state index contributed by atoms with van der Waals surface area (Å²) in [4.78, 5) is 7.05. The van der Waals surface area contributed by atoms with Crippen LogP contribution in [-0.2, 0) is 6.54 Å². The van der Waals surface area contributed by atoms with Gasteiger partial charge >= 0.3 is 0 Å². The Morgan fingerprint density at radius 1 is 1.59 bits per heavy atom. The third-order valence-corrected chi connectivity index (χ3v) is 4.05. The van der Waals surface area contributed by atoms with Gasteiger partial charge in [-0.25, -0.2) is 4.98 Å². The number of halogens is 1. The average molecular weight is 276 g/mol. The quantitative estimate of drug-likeness (QED) is 0.918. The Bertz CT molecular complexity index is 327. The third-order valence-electron chi connectivity index (χ3n) is 3.23. The van der Waals surface area contributed by atoms with Crippen LogP contribution in [0.4, 0.5) is 0 Å². The first-order chi connectivity index (χ1) is 7.78. The van der Waals surface area contributed by atoms with E-state index in [4.69, 9.17) is 5.73 Å². The maximum atomic E-state index is 5.63. The number of aryl methyl sites for hydroxylation is 1. The van der Waals surface area contributed by atoms with Crippen LogP contribution >= 0.6 is 23.7 Å². The number of rotatable bonds is 4. The Hall–Kier alpha value is -0.160. The minimum atomic E-state index is 0. The molecule has 0 spiro atoms. The van der Waals surface area contributed by atoms with Crippen molar-refractivity contribution in [3.05, 3.63) is 16.1 Å². The Kier molecular flexibility index (Phi) is 6.41. The van der Waals surface area contributed by atoms with E-state index in [9.17, 15) is 0 Å². The highest BCUT2D eigenvalue weighted by Gasteiger charge is 2.19. The van der Waals surface area contributed by atoms with Gasteiger partial charge in [-0.2, -0.15) is 0 Å². The summed E-state index contributed by atoms with van der Waals surface area (Å²) in [5.74, 6) is 0.804. The minimum absolute atomic E-state index is 0. The summed E-state index contributed by atoms with van der Waals surface area (Å²) in [5.41, 5.74) is 6.86. The molecule has 0 bridgehead atoms. The van der Waals surface area contributed by atoms with E-state index >= 15 is 0 Å². The predicted octanol–water partition coefficient (Wildman–Crippen LogP) is 2.43. The van der Waals surface area contributed by atoms with Crippen molar-refractivity contribution in [1.29, 1.82) is 0 Å². The van der Waals surface area contributed by atoms with E-state index in [1.54, 1.807) is 11.3 Å². The molecule has 2 rings (SSSR count). The molecule has 2 heterocycles. The van der Waals surface area contributed by atoms with Gasteiger partial charge in [0.15, 0.2) is 0 Å². The topological polar surface area (TPSA) is 42.2 Å². The van der Waals surface area contributed by atoms with E-state index in [2.05, 4.69) is 22.2 Å². The van der Waals surface area contributed by atoms with E-state index in [1.165, 1.54) is 43.1 Å². The summed E-state index contributed by atoms with van der Waals surface area (Å²) in [6.45, 7) is 6.34. The molecule has 1 aliphatic heterocycles. The number of hydrogen-bond donors (Lipinski definition) is 1. The van der Waals surface area contributed by atoms with Gasteiger partial charge in [-0.1, -0.05) is 0 Å². The summed E-state index contributed by atoms with van der Waals surface area (Å²) in [6, 6.07) is 0. The molecule has 0 amide bonds. The highest BCUT2D eigenvalue weighted by molar-refractivity contribution is 7.09. The predicted molar refractivity (Wildman–Crippen MR) is 75.8 cm³/mol. The number of piperidine rings is 1. The number of nitrogens with zero attached hydrogens (tertiary/aromatic N) is 2. The summed E-state index contributed by atoms with van der Waals surface area (Å²) < 4.78 is 0. The maximum absolute atomic E-state index is 5.63. The minimum Gasteiger partial charge on any atom is -0.330 e. The summed E-state index contributed by atoms with van der Waals surface area (Å²) >= 11 is 1.75. The SMILES string of the molecule is Cc1nc(CN2CCCC(CCN)C2)cs1.Cl. The molecule has 1 saturated heterocycles. The van der Waals surface area contributed by atoms with Crippen molar-refractivity contribution in [2.24, 2.45) is 11.7 Å². The number of thiazole rings is 1. The van der Waals surface area contributed by atoms with Crippen LogP contribution in [-0.4, -0.2) is 29.5 Å². The molecule has 1 aliphatic rings. The van der Waals surface area contributed by atoms with Crippen LogP contribution in [0, 0.1) is 12.8 Å². The van der Waals surface area contributed by atoms with Crippen LogP contribution in [0.15, 0.2) is 5.38 Å². The fourth-order valence-corrected chi connectivity index (χ4v) is 3.08. The number of nitrogens with two attached hydrogens (primary N) is 1. The van der Waals surface area contributed by atoms with E-state index in [0.29, 0.717) is 0 Å². The second-order valence-electron chi connectivity index (χ2n) is 4.68. The second-order valence-corrected chi connectivity index (χ2v) is 5.74. The molecule has 1 unspecified atom stereocenters. The molecule has 0 aromatic carbocycles. The van der Waals surface area contributed by atoms with Gasteiger partial charge in [-0.05, 0) is 45.2 Å². The zero-order valence-corrected chi connectivity index (χ0v) is 12.0. The van der Waals surface area contributed by atoms with Crippen molar-refractivity contribution >= 4 is 23.7 Å². The summed E-state index contributed by atoms with van der Waals surface area (Å²) in [5, 5.41) is 3.35. The fraction of sp³-hybridized carbons (Fsp3) is 0.750. The lowest BCUT2D eigenvalue weighted by Crippen LogP contribution is -2.35. The van der Waals surface area contributed by atoms with Gasteiger partial charge < -0.3 is 5.73 Å². The highest BCUT2D eigenvalue weighted by Crippen LogP contribution is 2.21. The molecule has 17 heavy (non-hydrogen) atoms. The van der Waals surface area contributed by atoms with E-state index in [0.717, 1.165) is 19.0 Å². The first-order valence-corrected chi connectivity index (χ1v) is 6.99. The lowest BCUT2D eigenvalue weighted by Gasteiger charge is -2.32. The first-order valence-electron chi connectivity index (χ1n) is 6.11. The van der Waals surface area contributed by atoms with E-state index < -0.39 is 0 Å². The average Bonchev–Trinajstić information content (AvgIpc) is 2.65. The number of likely N-dealkylation sites (tertiary alicyclic amines) is 1. The molecule has 0 aliphatic carbocycles. The number of aromatic nitrogens is 1. The molecular formula is C12H22ClN3S. The van der Waals surface area contributed by atoms with Gasteiger partial charge in [0.1, 0.15) is 0 Å². The molecule has 0 radical (unpaired) electrons. The molecule has 1 aromatic heterocycles. The van der Waals surface area contributed by atoms with Gasteiger partial charge in [0.2, 0.25) is 0 Å². The standard InChI is InChI=1S/C12H21N3S.ClH/c1-10-14-12(9-16-10)8-15-6-2-3-11(7-15)4-5-13;/h9,11H,2-8,13H2,1H3;1H. The van der Waals surface area contributed by atoms with Gasteiger partial charge in [-0.3, -0.25) is 4.90 Å². The van der Waals surface area contributed by atoms with Crippen LogP contribution in [0.25, 0.3) is 0 Å². The van der Waals surface area contributed by atoms with Crippen molar-refractivity contribution < 1.29 is 0 Å². The Labute approximate surface area is 114 Å². The van der Waals surface area contributed by atoms with Gasteiger partial charge in [0.25, 0.3) is 0 Å². The van der Waals surface area contributed by atoms with Crippen LogP contribution < -0.4 is 5.73 Å². The Morgan fingerprint density at radius 3 is 3.06 bits per heavy atom. The number of hydrogen-bond acceptors (Lipinski definition) is 4. The summed E-state index contributed by atoms with van der Waals surface area (Å²) in [6.07, 6.45) is 3.84. The molecule has 1 aromatic rings. The fourth-order valence-electron chi connectivity index (χ4n) is 2.48. The van der Waals surface area contributed by atoms with Crippen LogP contribution in [0.3, 0.4) is 0 Å². The van der Waals surface area contributed by atoms with Crippen molar-refractivity contribution in [3.63, 3.8) is 0 Å². The van der Waals surface area contributed by atoms with Crippen molar-refractivity contribution in [2.75, 3.05) is 19.6 Å². The molecule has 2 N–H and O–H groups in total. The zero-order chi connectivity index (χ0) is 11.4. The van der Waals surface area contributed by atoms with Crippen molar-refractivity contribution in [3.8, 4) is 0 Å². The lowest BCUT2D eigenvalue weighted by atomic mass is 9.95. The van der Waals surface area contributed by atoms with Gasteiger partial charge in [-0.15, -0.1) is 23.7 Å². The lowest BCUT2D eigenvalue weighted by molar-refractivity contribution is 0.161. The maximum Gasteiger partial charge on any atom is 0.0897 e. The largest absolute Gasteiger partial charge is 0.330 e. The van der Waals surface area contributed by atoms with Crippen LogP contribution in [0.1, 0.15) is 30.0 Å². The van der Waals surface area contributed by atoms with Crippen molar-refractivity contribution in [1.82, 2.24) is 9.88 Å². The molecule has 1 fully saturated rings. The smallest absolute Gasteiger partial charge is 0.0897 e. The molecule has 1 atom stereocenters. The monoisotopic (exact) mass is 275 g/mol. The Morgan fingerprint density at radius 2 is 2.41 bits per heavy atom.